The molecule has 0 saturated heterocycles. The smallest absolute Gasteiger partial charge is 0.338 e. The highest BCUT2D eigenvalue weighted by Crippen LogP contribution is 2.27. The van der Waals surface area contributed by atoms with Crippen LogP contribution in [0.1, 0.15) is 63.7 Å². The third-order valence-corrected chi connectivity index (χ3v) is 5.28. The highest BCUT2D eigenvalue weighted by molar-refractivity contribution is 5.95. The zero-order valence-electron chi connectivity index (χ0n) is 16.0. The molecule has 0 radical (unpaired) electrons. The number of quaternary nitrogens is 1. The Hall–Kier alpha value is -2.28. The van der Waals surface area contributed by atoms with Crippen molar-refractivity contribution in [1.82, 2.24) is 10.6 Å². The lowest BCUT2D eigenvalue weighted by molar-refractivity contribution is -0.684. The number of nitrogens with one attached hydrogen (secondary N) is 2. The van der Waals surface area contributed by atoms with Gasteiger partial charge in [-0.1, -0.05) is 19.3 Å². The summed E-state index contributed by atoms with van der Waals surface area (Å²) in [4.78, 5) is 24.8. The predicted molar refractivity (Wildman–Crippen MR) is 99.7 cm³/mol. The number of nitrogens with two attached hydrogens (primary N) is 1. The van der Waals surface area contributed by atoms with Gasteiger partial charge < -0.3 is 25.1 Å². The SMILES string of the molecule is CCOC(=O)C1=C(C[NH2+]C2CCCCCCC2)NC(=O)N[C@H]1c1ccco1. The molecule has 1 aromatic heterocycles. The summed E-state index contributed by atoms with van der Waals surface area (Å²) in [5, 5.41) is 7.85. The van der Waals surface area contributed by atoms with E-state index in [2.05, 4.69) is 16.0 Å². The molecule has 2 amide bonds. The molecule has 1 aromatic rings. The fourth-order valence-electron chi connectivity index (χ4n) is 3.91. The Labute approximate surface area is 159 Å². The highest BCUT2D eigenvalue weighted by atomic mass is 16.5. The predicted octanol–water partition coefficient (Wildman–Crippen LogP) is 2.13. The number of urea groups is 1. The second-order valence-corrected chi connectivity index (χ2v) is 7.20. The maximum Gasteiger partial charge on any atom is 0.338 e. The lowest BCUT2D eigenvalue weighted by Gasteiger charge is -2.28. The first-order valence-electron chi connectivity index (χ1n) is 10.0. The fourth-order valence-corrected chi connectivity index (χ4v) is 3.91. The summed E-state index contributed by atoms with van der Waals surface area (Å²) >= 11 is 0. The molecule has 0 aromatic carbocycles. The molecule has 2 aliphatic rings. The molecule has 1 aliphatic heterocycles. The van der Waals surface area contributed by atoms with Crippen molar-refractivity contribution in [3.63, 3.8) is 0 Å². The number of esters is 1. The minimum atomic E-state index is -0.631. The fraction of sp³-hybridized carbons (Fsp3) is 0.600. The average Bonchev–Trinajstić information content (AvgIpc) is 3.15. The topological polar surface area (TPSA) is 97.2 Å². The molecule has 7 heteroatoms. The van der Waals surface area contributed by atoms with Gasteiger partial charge >= 0.3 is 12.0 Å². The Balaban J connectivity index is 1.80. The van der Waals surface area contributed by atoms with Crippen molar-refractivity contribution in [2.24, 2.45) is 0 Å². The summed E-state index contributed by atoms with van der Waals surface area (Å²) < 4.78 is 10.7. The third-order valence-electron chi connectivity index (χ3n) is 5.28. The van der Waals surface area contributed by atoms with Crippen LogP contribution >= 0.6 is 0 Å². The monoisotopic (exact) mass is 376 g/mol. The van der Waals surface area contributed by atoms with Gasteiger partial charge in [0.25, 0.3) is 0 Å². The molecular formula is C20H30N3O4+. The molecule has 0 bridgehead atoms. The molecule has 2 heterocycles. The quantitative estimate of drug-likeness (QED) is 0.663. The number of carbonyl (C=O) groups excluding carboxylic acids is 2. The Morgan fingerprint density at radius 2 is 2.00 bits per heavy atom. The summed E-state index contributed by atoms with van der Waals surface area (Å²) in [5.41, 5.74) is 1.04. The molecule has 1 fully saturated rings. The largest absolute Gasteiger partial charge is 0.467 e. The van der Waals surface area contributed by atoms with Crippen LogP contribution in [0.25, 0.3) is 0 Å². The van der Waals surface area contributed by atoms with Crippen LogP contribution in [-0.4, -0.2) is 31.2 Å². The van der Waals surface area contributed by atoms with Crippen LogP contribution < -0.4 is 16.0 Å². The first-order valence-corrected chi connectivity index (χ1v) is 10.0. The molecule has 1 saturated carbocycles. The highest BCUT2D eigenvalue weighted by Gasteiger charge is 2.36. The Morgan fingerprint density at radius 3 is 2.67 bits per heavy atom. The van der Waals surface area contributed by atoms with E-state index in [-0.39, 0.29) is 12.6 Å². The number of carbonyl (C=O) groups is 2. The van der Waals surface area contributed by atoms with Crippen LogP contribution in [-0.2, 0) is 9.53 Å². The zero-order valence-corrected chi connectivity index (χ0v) is 16.0. The minimum Gasteiger partial charge on any atom is -0.467 e. The van der Waals surface area contributed by atoms with E-state index in [4.69, 9.17) is 9.15 Å². The minimum absolute atomic E-state index is 0.279. The number of furan rings is 1. The van der Waals surface area contributed by atoms with Crippen molar-refractivity contribution in [3.8, 4) is 0 Å². The molecule has 27 heavy (non-hydrogen) atoms. The lowest BCUT2D eigenvalue weighted by atomic mass is 9.96. The molecule has 7 nitrogen and oxygen atoms in total. The summed E-state index contributed by atoms with van der Waals surface area (Å²) in [6, 6.07) is 3.06. The van der Waals surface area contributed by atoms with Gasteiger partial charge in [0, 0.05) is 0 Å². The summed E-state index contributed by atoms with van der Waals surface area (Å²) in [6.45, 7) is 2.60. The standard InChI is InChI=1S/C20H29N3O4/c1-2-26-19(24)17-15(13-21-14-9-6-4-3-5-7-10-14)22-20(25)23-18(17)16-11-8-12-27-16/h8,11-12,14,18,21H,2-7,9-10,13H2,1H3,(H2,22,23,25)/p+1/t18-/m0/s1. The maximum absolute atomic E-state index is 12.6. The van der Waals surface area contributed by atoms with E-state index >= 15 is 0 Å². The van der Waals surface area contributed by atoms with Crippen molar-refractivity contribution in [3.05, 3.63) is 35.4 Å². The van der Waals surface area contributed by atoms with Gasteiger partial charge in [0.15, 0.2) is 0 Å². The van der Waals surface area contributed by atoms with E-state index < -0.39 is 12.0 Å². The molecule has 0 spiro atoms. The molecule has 3 rings (SSSR count). The zero-order chi connectivity index (χ0) is 19.1. The van der Waals surface area contributed by atoms with Crippen LogP contribution in [0.4, 0.5) is 4.79 Å². The molecule has 4 N–H and O–H groups in total. The van der Waals surface area contributed by atoms with E-state index in [1.165, 1.54) is 51.2 Å². The van der Waals surface area contributed by atoms with E-state index in [0.29, 0.717) is 29.6 Å². The Morgan fingerprint density at radius 1 is 1.26 bits per heavy atom. The van der Waals surface area contributed by atoms with Gasteiger partial charge in [-0.3, -0.25) is 0 Å². The van der Waals surface area contributed by atoms with Gasteiger partial charge in [-0.25, -0.2) is 9.59 Å². The summed E-state index contributed by atoms with van der Waals surface area (Å²) in [5.74, 6) is 0.101. The van der Waals surface area contributed by atoms with Crippen LogP contribution in [0.5, 0.6) is 0 Å². The second-order valence-electron chi connectivity index (χ2n) is 7.20. The molecule has 0 unspecified atom stereocenters. The average molecular weight is 376 g/mol. The van der Waals surface area contributed by atoms with E-state index in [1.54, 1.807) is 19.1 Å². The normalized spacial score (nSPS) is 21.8. The van der Waals surface area contributed by atoms with E-state index in [1.807, 2.05) is 0 Å². The van der Waals surface area contributed by atoms with Gasteiger partial charge in [0.05, 0.1) is 30.2 Å². The number of hydrogen-bond donors (Lipinski definition) is 3. The van der Waals surface area contributed by atoms with E-state index in [0.717, 1.165) is 0 Å². The summed E-state index contributed by atoms with van der Waals surface area (Å²) in [7, 11) is 0. The first-order chi connectivity index (χ1) is 13.2. The third kappa shape index (κ3) is 5.13. The van der Waals surface area contributed by atoms with Crippen LogP contribution in [0, 0.1) is 0 Å². The van der Waals surface area contributed by atoms with Crippen molar-refractivity contribution in [2.75, 3.05) is 13.2 Å². The van der Waals surface area contributed by atoms with Gasteiger partial charge in [0.2, 0.25) is 0 Å². The molecule has 1 aliphatic carbocycles. The Kier molecular flexibility index (Phi) is 6.92. The van der Waals surface area contributed by atoms with Crippen LogP contribution in [0.15, 0.2) is 34.1 Å². The van der Waals surface area contributed by atoms with Gasteiger partial charge in [-0.15, -0.1) is 0 Å². The maximum atomic E-state index is 12.6. The van der Waals surface area contributed by atoms with Crippen molar-refractivity contribution >= 4 is 12.0 Å². The molecular weight excluding hydrogens is 346 g/mol. The van der Waals surface area contributed by atoms with Crippen molar-refractivity contribution in [2.45, 2.75) is 64.0 Å². The van der Waals surface area contributed by atoms with Crippen LogP contribution in [0.2, 0.25) is 0 Å². The molecule has 1 atom stereocenters. The van der Waals surface area contributed by atoms with Crippen LogP contribution in [0.3, 0.4) is 0 Å². The second kappa shape index (κ2) is 9.60. The number of ether oxygens (including phenoxy) is 1. The van der Waals surface area contributed by atoms with Gasteiger partial charge in [-0.2, -0.15) is 0 Å². The summed E-state index contributed by atoms with van der Waals surface area (Å²) in [6.07, 6.45) is 10.3. The van der Waals surface area contributed by atoms with Gasteiger partial charge in [0.1, 0.15) is 18.3 Å². The van der Waals surface area contributed by atoms with Crippen molar-refractivity contribution in [1.29, 1.82) is 0 Å². The van der Waals surface area contributed by atoms with E-state index in [9.17, 15) is 9.59 Å². The molecule has 148 valence electrons. The van der Waals surface area contributed by atoms with Gasteiger partial charge in [-0.05, 0) is 44.7 Å². The number of hydrogen-bond acceptors (Lipinski definition) is 4. The van der Waals surface area contributed by atoms with Crippen molar-refractivity contribution < 1.29 is 24.1 Å². The number of amides is 2. The lowest BCUT2D eigenvalue weighted by Crippen LogP contribution is -2.91. The number of rotatable bonds is 6. The Bertz CT molecular complexity index is 661. The first kappa shape index (κ1) is 19.5.